The lowest BCUT2D eigenvalue weighted by Gasteiger charge is -2.29. The Hall–Kier alpha value is -4.21. The molecule has 9 nitrogen and oxygen atoms in total. The highest BCUT2D eigenvalue weighted by Crippen LogP contribution is 2.44. The summed E-state index contributed by atoms with van der Waals surface area (Å²) in [6, 6.07) is 24.5. The maximum Gasteiger partial charge on any atom is 0.407 e. The number of carbonyl (C=O) groups is 3. The maximum absolute atomic E-state index is 13.1. The van der Waals surface area contributed by atoms with Crippen molar-refractivity contribution in [2.24, 2.45) is 0 Å². The van der Waals surface area contributed by atoms with Crippen molar-refractivity contribution in [2.45, 2.75) is 43.9 Å². The number of alkyl carbamates (subject to hydrolysis) is 1. The van der Waals surface area contributed by atoms with Gasteiger partial charge in [-0.2, -0.15) is 0 Å². The van der Waals surface area contributed by atoms with E-state index in [1.165, 1.54) is 7.11 Å². The van der Waals surface area contributed by atoms with Crippen molar-refractivity contribution in [3.8, 4) is 11.1 Å². The molecule has 1 aliphatic carbocycles. The number of rotatable bonds is 14. The number of hydrogen-bond donors (Lipinski definition) is 3. The molecular formula is C32H36N2O7. The lowest BCUT2D eigenvalue weighted by molar-refractivity contribution is -0.137. The van der Waals surface area contributed by atoms with E-state index >= 15 is 0 Å². The Bertz CT molecular complexity index is 1300. The third kappa shape index (κ3) is 7.93. The SMILES string of the molecule is COC(C)(CNC(=O)C(CCC(=O)O)NC(=O)OCC1c2ccccc2-c2ccccc21)COCc1ccccc1. The largest absolute Gasteiger partial charge is 0.481 e. The second kappa shape index (κ2) is 13.9. The zero-order chi connectivity index (χ0) is 29.2. The second-order valence-electron chi connectivity index (χ2n) is 10.3. The highest BCUT2D eigenvalue weighted by atomic mass is 16.5. The van der Waals surface area contributed by atoms with Gasteiger partial charge in [0.25, 0.3) is 0 Å². The number of carboxylic acid groups (broad SMARTS) is 1. The summed E-state index contributed by atoms with van der Waals surface area (Å²) in [6.45, 7) is 2.56. The van der Waals surface area contributed by atoms with Gasteiger partial charge in [0.2, 0.25) is 5.91 Å². The van der Waals surface area contributed by atoms with Crippen molar-refractivity contribution in [3.05, 3.63) is 95.6 Å². The van der Waals surface area contributed by atoms with E-state index in [0.29, 0.717) is 6.61 Å². The van der Waals surface area contributed by atoms with E-state index in [2.05, 4.69) is 10.6 Å². The molecule has 2 atom stereocenters. The monoisotopic (exact) mass is 560 g/mol. The fourth-order valence-electron chi connectivity index (χ4n) is 4.86. The molecule has 3 aromatic carbocycles. The molecule has 3 aromatic rings. The zero-order valence-corrected chi connectivity index (χ0v) is 23.3. The molecule has 0 aliphatic heterocycles. The van der Waals surface area contributed by atoms with Gasteiger partial charge >= 0.3 is 12.1 Å². The summed E-state index contributed by atoms with van der Waals surface area (Å²) in [4.78, 5) is 37.1. The van der Waals surface area contributed by atoms with Crippen molar-refractivity contribution in [1.82, 2.24) is 10.6 Å². The Morgan fingerprint density at radius 3 is 2.15 bits per heavy atom. The number of benzene rings is 3. The summed E-state index contributed by atoms with van der Waals surface area (Å²) in [5, 5.41) is 14.5. The van der Waals surface area contributed by atoms with E-state index in [1.54, 1.807) is 6.92 Å². The first-order valence-corrected chi connectivity index (χ1v) is 13.6. The quantitative estimate of drug-likeness (QED) is 0.265. The molecule has 0 bridgehead atoms. The van der Waals surface area contributed by atoms with E-state index in [4.69, 9.17) is 14.2 Å². The highest BCUT2D eigenvalue weighted by Gasteiger charge is 2.31. The van der Waals surface area contributed by atoms with E-state index in [9.17, 15) is 19.5 Å². The van der Waals surface area contributed by atoms with Gasteiger partial charge in [-0.05, 0) is 41.2 Å². The Labute approximate surface area is 239 Å². The number of amides is 2. The number of aliphatic carboxylic acids is 1. The van der Waals surface area contributed by atoms with E-state index < -0.39 is 29.6 Å². The first-order chi connectivity index (χ1) is 19.8. The van der Waals surface area contributed by atoms with Gasteiger partial charge < -0.3 is 30.0 Å². The summed E-state index contributed by atoms with van der Waals surface area (Å²) in [7, 11) is 1.52. The summed E-state index contributed by atoms with van der Waals surface area (Å²) >= 11 is 0. The second-order valence-corrected chi connectivity index (χ2v) is 10.3. The third-order valence-electron chi connectivity index (χ3n) is 7.25. The van der Waals surface area contributed by atoms with Crippen molar-refractivity contribution >= 4 is 18.0 Å². The lowest BCUT2D eigenvalue weighted by atomic mass is 9.98. The van der Waals surface area contributed by atoms with Crippen LogP contribution < -0.4 is 10.6 Å². The number of methoxy groups -OCH3 is 1. The Morgan fingerprint density at radius 2 is 1.54 bits per heavy atom. The number of carbonyl (C=O) groups excluding carboxylic acids is 2. The Kier molecular flexibility index (Phi) is 10.1. The molecule has 216 valence electrons. The summed E-state index contributed by atoms with van der Waals surface area (Å²) in [6.07, 6.45) is -1.19. The molecule has 41 heavy (non-hydrogen) atoms. The average Bonchev–Trinajstić information content (AvgIpc) is 3.31. The van der Waals surface area contributed by atoms with Gasteiger partial charge in [-0.15, -0.1) is 0 Å². The number of nitrogens with one attached hydrogen (secondary N) is 2. The minimum atomic E-state index is -1.10. The molecule has 2 unspecified atom stereocenters. The van der Waals surface area contributed by atoms with Crippen molar-refractivity contribution < 1.29 is 33.7 Å². The molecule has 0 fully saturated rings. The molecule has 0 saturated carbocycles. The fraction of sp³-hybridized carbons (Fsp3) is 0.344. The topological polar surface area (TPSA) is 123 Å². The summed E-state index contributed by atoms with van der Waals surface area (Å²) < 4.78 is 17.0. The van der Waals surface area contributed by atoms with Crippen molar-refractivity contribution in [1.29, 1.82) is 0 Å². The van der Waals surface area contributed by atoms with Crippen LogP contribution in [0.4, 0.5) is 4.79 Å². The van der Waals surface area contributed by atoms with Crippen LogP contribution in [0, 0.1) is 0 Å². The maximum atomic E-state index is 13.1. The van der Waals surface area contributed by atoms with E-state index in [-0.39, 0.29) is 38.5 Å². The molecule has 0 heterocycles. The van der Waals surface area contributed by atoms with Crippen LogP contribution in [0.25, 0.3) is 11.1 Å². The molecule has 9 heteroatoms. The van der Waals surface area contributed by atoms with Crippen LogP contribution in [0.15, 0.2) is 78.9 Å². The summed E-state index contributed by atoms with van der Waals surface area (Å²) in [5.41, 5.74) is 4.50. The van der Waals surface area contributed by atoms with E-state index in [1.807, 2.05) is 78.9 Å². The number of hydrogen-bond acceptors (Lipinski definition) is 6. The minimum absolute atomic E-state index is 0.0770. The van der Waals surface area contributed by atoms with Crippen LogP contribution >= 0.6 is 0 Å². The van der Waals surface area contributed by atoms with Crippen LogP contribution in [-0.4, -0.2) is 61.6 Å². The summed E-state index contributed by atoms with van der Waals surface area (Å²) in [5.74, 6) is -1.75. The average molecular weight is 561 g/mol. The smallest absolute Gasteiger partial charge is 0.407 e. The molecule has 0 aromatic heterocycles. The normalized spacial score (nSPS) is 14.3. The first-order valence-electron chi connectivity index (χ1n) is 13.6. The zero-order valence-electron chi connectivity index (χ0n) is 23.3. The first kappa shape index (κ1) is 29.8. The Morgan fingerprint density at radius 1 is 0.927 bits per heavy atom. The molecule has 4 rings (SSSR count). The van der Waals surface area contributed by atoms with Crippen LogP contribution in [0.3, 0.4) is 0 Å². The predicted molar refractivity (Wildman–Crippen MR) is 153 cm³/mol. The van der Waals surface area contributed by atoms with Crippen molar-refractivity contribution in [2.75, 3.05) is 26.9 Å². The van der Waals surface area contributed by atoms with Gasteiger partial charge in [0.1, 0.15) is 18.2 Å². The Balaban J connectivity index is 1.33. The van der Waals surface area contributed by atoms with Crippen LogP contribution in [-0.2, 0) is 30.4 Å². The van der Waals surface area contributed by atoms with Crippen LogP contribution in [0.1, 0.15) is 42.4 Å². The van der Waals surface area contributed by atoms with Gasteiger partial charge in [-0.3, -0.25) is 9.59 Å². The minimum Gasteiger partial charge on any atom is -0.481 e. The number of ether oxygens (including phenoxy) is 3. The molecule has 0 saturated heterocycles. The third-order valence-corrected chi connectivity index (χ3v) is 7.25. The van der Waals surface area contributed by atoms with Crippen molar-refractivity contribution in [3.63, 3.8) is 0 Å². The molecule has 0 spiro atoms. The molecular weight excluding hydrogens is 524 g/mol. The lowest BCUT2D eigenvalue weighted by Crippen LogP contribution is -2.52. The van der Waals surface area contributed by atoms with Gasteiger partial charge in [0.15, 0.2) is 0 Å². The number of fused-ring (bicyclic) bond motifs is 3. The van der Waals surface area contributed by atoms with Gasteiger partial charge in [0.05, 0.1) is 13.2 Å². The predicted octanol–water partition coefficient (Wildman–Crippen LogP) is 4.50. The molecule has 1 aliphatic rings. The molecule has 0 radical (unpaired) electrons. The fourth-order valence-corrected chi connectivity index (χ4v) is 4.86. The van der Waals surface area contributed by atoms with Gasteiger partial charge in [-0.1, -0.05) is 78.9 Å². The van der Waals surface area contributed by atoms with Gasteiger partial charge in [0, 0.05) is 26.0 Å². The standard InChI is InChI=1S/C32H36N2O7/c1-32(39-2,21-40-18-22-10-4-3-5-11-22)20-33-30(37)28(16-17-29(35)36)34-31(38)41-19-27-25-14-8-6-12-23(25)24-13-7-9-15-26(24)27/h3-15,27-28H,16-21H2,1-2H3,(H,33,37)(H,34,38)(H,35,36). The van der Waals surface area contributed by atoms with Crippen LogP contribution in [0.2, 0.25) is 0 Å². The van der Waals surface area contributed by atoms with E-state index in [0.717, 1.165) is 27.8 Å². The number of carboxylic acids is 1. The van der Waals surface area contributed by atoms with Gasteiger partial charge in [-0.25, -0.2) is 4.79 Å². The van der Waals surface area contributed by atoms with Crippen LogP contribution in [0.5, 0.6) is 0 Å². The molecule has 2 amide bonds. The highest BCUT2D eigenvalue weighted by molar-refractivity contribution is 5.86. The molecule has 3 N–H and O–H groups in total.